The normalized spacial score (nSPS) is 21.2. The number of rotatable bonds is 3. The zero-order chi connectivity index (χ0) is 13.2. The smallest absolute Gasteiger partial charge is 0.175 e. The van der Waals surface area contributed by atoms with Crippen molar-refractivity contribution >= 4 is 23.1 Å². The average Bonchev–Trinajstić information content (AvgIpc) is 2.76. The molecule has 0 radical (unpaired) electrons. The monoisotopic (exact) mass is 274 g/mol. The minimum atomic E-state index is -0.0560. The second-order valence-electron chi connectivity index (χ2n) is 4.28. The van der Waals surface area contributed by atoms with Gasteiger partial charge in [-0.25, -0.2) is 4.98 Å². The minimum absolute atomic E-state index is 0.0560. The summed E-state index contributed by atoms with van der Waals surface area (Å²) < 4.78 is 0. The van der Waals surface area contributed by atoms with Crippen LogP contribution in [0.1, 0.15) is 0 Å². The van der Waals surface area contributed by atoms with Gasteiger partial charge in [-0.3, -0.25) is 0 Å². The molecule has 0 aliphatic carbocycles. The Bertz CT molecular complexity index is 543. The van der Waals surface area contributed by atoms with E-state index in [1.165, 1.54) is 0 Å². The number of thiocarbonyl (C=S) groups is 1. The number of pyridine rings is 1. The van der Waals surface area contributed by atoms with Crippen LogP contribution >= 0.6 is 12.2 Å². The molecule has 1 aromatic rings. The summed E-state index contributed by atoms with van der Waals surface area (Å²) in [6.45, 7) is 0.552. The van der Waals surface area contributed by atoms with Gasteiger partial charge in [0.25, 0.3) is 0 Å². The van der Waals surface area contributed by atoms with Crippen molar-refractivity contribution in [1.82, 2.24) is 15.2 Å². The quantitative estimate of drug-likeness (QED) is 0.796. The Balaban J connectivity index is 1.96. The highest BCUT2D eigenvalue weighted by Gasteiger charge is 2.37. The zero-order valence-corrected chi connectivity index (χ0v) is 11.0. The van der Waals surface area contributed by atoms with E-state index in [1.807, 2.05) is 46.4 Å². The van der Waals surface area contributed by atoms with E-state index >= 15 is 0 Å². The summed E-state index contributed by atoms with van der Waals surface area (Å²) in [6.07, 6.45) is 7.63. The summed E-state index contributed by atoms with van der Waals surface area (Å²) in [5, 5.41) is 13.0. The van der Waals surface area contributed by atoms with Crippen LogP contribution in [0.2, 0.25) is 0 Å². The van der Waals surface area contributed by atoms with E-state index in [0.29, 0.717) is 11.7 Å². The maximum atomic E-state index is 9.19. The lowest BCUT2D eigenvalue weighted by Crippen LogP contribution is -2.46. The van der Waals surface area contributed by atoms with Crippen molar-refractivity contribution in [1.29, 1.82) is 0 Å². The Hall–Kier alpha value is -1.92. The molecule has 1 fully saturated rings. The van der Waals surface area contributed by atoms with Gasteiger partial charge in [0, 0.05) is 18.9 Å². The molecule has 1 unspecified atom stereocenters. The molecule has 98 valence electrons. The van der Waals surface area contributed by atoms with Crippen LogP contribution < -0.4 is 10.2 Å². The summed E-state index contributed by atoms with van der Waals surface area (Å²) in [7, 11) is 0. The summed E-state index contributed by atoms with van der Waals surface area (Å²) in [5.74, 6) is 0.851. The predicted molar refractivity (Wildman–Crippen MR) is 77.3 cm³/mol. The topological polar surface area (TPSA) is 51.6 Å². The summed E-state index contributed by atoms with van der Waals surface area (Å²) >= 11 is 5.31. The molecule has 2 aliphatic rings. The number of hydrogen-bond acceptors (Lipinski definition) is 4. The standard InChI is InChI=1S/C13H14N4OS/c18-9-8-17-12-10(15-13(17)19)4-3-7-16(12)11-5-1-2-6-14-11/h1-7,12,18H,8-9H2,(H,15,19). The van der Waals surface area contributed by atoms with Gasteiger partial charge in [0.15, 0.2) is 11.3 Å². The van der Waals surface area contributed by atoms with E-state index in [-0.39, 0.29) is 12.8 Å². The van der Waals surface area contributed by atoms with Gasteiger partial charge in [-0.15, -0.1) is 0 Å². The number of fused-ring (bicyclic) bond motifs is 1. The van der Waals surface area contributed by atoms with E-state index in [1.54, 1.807) is 6.20 Å². The number of nitrogens with one attached hydrogen (secondary N) is 1. The van der Waals surface area contributed by atoms with Gasteiger partial charge < -0.3 is 20.2 Å². The molecule has 0 amide bonds. The molecule has 2 aliphatic heterocycles. The molecule has 0 bridgehead atoms. The van der Waals surface area contributed by atoms with Crippen LogP contribution in [0.15, 0.2) is 48.4 Å². The van der Waals surface area contributed by atoms with E-state index < -0.39 is 0 Å². The second-order valence-corrected chi connectivity index (χ2v) is 4.67. The third-order valence-corrected chi connectivity index (χ3v) is 3.46. The van der Waals surface area contributed by atoms with E-state index in [9.17, 15) is 5.11 Å². The van der Waals surface area contributed by atoms with Crippen molar-refractivity contribution < 1.29 is 5.11 Å². The first kappa shape index (κ1) is 12.1. The minimum Gasteiger partial charge on any atom is -0.395 e. The number of allylic oxidation sites excluding steroid dienone is 2. The Morgan fingerprint density at radius 2 is 2.32 bits per heavy atom. The molecule has 0 aromatic carbocycles. The number of aliphatic hydroxyl groups is 1. The molecule has 6 heteroatoms. The molecular weight excluding hydrogens is 260 g/mol. The number of anilines is 1. The number of β-amino-alcohol motifs (C(OH)–C–C–N with tert-alkyl or cyclic N) is 1. The molecule has 3 heterocycles. The molecule has 1 atom stereocenters. The largest absolute Gasteiger partial charge is 0.395 e. The SMILES string of the molecule is OCCN1C(=S)NC2=CC=CN(c3ccccn3)C21. The maximum Gasteiger partial charge on any atom is 0.175 e. The highest BCUT2D eigenvalue weighted by Crippen LogP contribution is 2.27. The maximum absolute atomic E-state index is 9.19. The van der Waals surface area contributed by atoms with Crippen molar-refractivity contribution in [2.24, 2.45) is 0 Å². The van der Waals surface area contributed by atoms with Crippen molar-refractivity contribution in [2.45, 2.75) is 6.17 Å². The van der Waals surface area contributed by atoms with Gasteiger partial charge >= 0.3 is 0 Å². The molecule has 0 spiro atoms. The van der Waals surface area contributed by atoms with E-state index in [2.05, 4.69) is 10.3 Å². The Labute approximate surface area is 116 Å². The molecule has 3 rings (SSSR count). The van der Waals surface area contributed by atoms with Gasteiger partial charge in [-0.2, -0.15) is 0 Å². The second kappa shape index (κ2) is 4.99. The van der Waals surface area contributed by atoms with Crippen LogP contribution in [0.25, 0.3) is 0 Å². The Morgan fingerprint density at radius 1 is 1.42 bits per heavy atom. The van der Waals surface area contributed by atoms with Gasteiger partial charge in [0.2, 0.25) is 0 Å². The lowest BCUT2D eigenvalue weighted by Gasteiger charge is -2.34. The van der Waals surface area contributed by atoms with Crippen molar-refractivity contribution in [2.75, 3.05) is 18.1 Å². The molecule has 0 saturated carbocycles. The van der Waals surface area contributed by atoms with E-state index in [0.717, 1.165) is 11.5 Å². The molecule has 1 aromatic heterocycles. The third-order valence-electron chi connectivity index (χ3n) is 3.13. The lowest BCUT2D eigenvalue weighted by atomic mass is 10.2. The summed E-state index contributed by atoms with van der Waals surface area (Å²) in [4.78, 5) is 8.37. The number of aromatic nitrogens is 1. The first-order chi connectivity index (χ1) is 9.31. The Kier molecular flexibility index (Phi) is 3.18. The van der Waals surface area contributed by atoms with Crippen LogP contribution in [0.3, 0.4) is 0 Å². The molecule has 5 nitrogen and oxygen atoms in total. The summed E-state index contributed by atoms with van der Waals surface area (Å²) in [6, 6.07) is 5.79. The third kappa shape index (κ3) is 2.09. The van der Waals surface area contributed by atoms with Crippen LogP contribution in [-0.2, 0) is 0 Å². The van der Waals surface area contributed by atoms with Gasteiger partial charge in [0.05, 0.1) is 12.3 Å². The number of nitrogens with zero attached hydrogens (tertiary/aromatic N) is 3. The molecule has 2 N–H and O–H groups in total. The highest BCUT2D eigenvalue weighted by molar-refractivity contribution is 7.80. The van der Waals surface area contributed by atoms with Gasteiger partial charge in [-0.05, 0) is 36.5 Å². The zero-order valence-electron chi connectivity index (χ0n) is 10.2. The number of aliphatic hydroxyl groups excluding tert-OH is 1. The first-order valence-corrected chi connectivity index (χ1v) is 6.48. The van der Waals surface area contributed by atoms with Crippen LogP contribution in [0, 0.1) is 0 Å². The fraction of sp³-hybridized carbons (Fsp3) is 0.231. The molecule has 19 heavy (non-hydrogen) atoms. The van der Waals surface area contributed by atoms with Crippen LogP contribution in [0.4, 0.5) is 5.82 Å². The van der Waals surface area contributed by atoms with E-state index in [4.69, 9.17) is 12.2 Å². The van der Waals surface area contributed by atoms with Crippen molar-refractivity contribution in [3.8, 4) is 0 Å². The molecule has 1 saturated heterocycles. The number of hydrogen-bond donors (Lipinski definition) is 2. The summed E-state index contributed by atoms with van der Waals surface area (Å²) in [5.41, 5.74) is 1.01. The highest BCUT2D eigenvalue weighted by atomic mass is 32.1. The van der Waals surface area contributed by atoms with Crippen LogP contribution in [-0.4, -0.2) is 39.4 Å². The van der Waals surface area contributed by atoms with Gasteiger partial charge in [0.1, 0.15) is 5.82 Å². The fourth-order valence-corrected chi connectivity index (χ4v) is 2.64. The average molecular weight is 274 g/mol. The predicted octanol–water partition coefficient (Wildman–Crippen LogP) is 0.808. The lowest BCUT2D eigenvalue weighted by molar-refractivity contribution is 0.239. The van der Waals surface area contributed by atoms with Crippen molar-refractivity contribution in [3.05, 3.63) is 48.4 Å². The van der Waals surface area contributed by atoms with Crippen LogP contribution in [0.5, 0.6) is 0 Å². The van der Waals surface area contributed by atoms with Crippen molar-refractivity contribution in [3.63, 3.8) is 0 Å². The molecular formula is C13H14N4OS. The van der Waals surface area contributed by atoms with Gasteiger partial charge in [-0.1, -0.05) is 6.07 Å². The Morgan fingerprint density at radius 3 is 3.05 bits per heavy atom. The fourth-order valence-electron chi connectivity index (χ4n) is 2.33. The first-order valence-electron chi connectivity index (χ1n) is 6.07.